The lowest BCUT2D eigenvalue weighted by atomic mass is 9.91. The number of aryl methyl sites for hydroxylation is 1. The number of hydrogen-bond acceptors (Lipinski definition) is 4. The predicted octanol–water partition coefficient (Wildman–Crippen LogP) is 2.51. The summed E-state index contributed by atoms with van der Waals surface area (Å²) in [4.78, 5) is 30.8. The number of anilines is 1. The molecule has 2 amide bonds. The number of aromatic nitrogens is 1. The number of likely N-dealkylation sites (tertiary alicyclic amines) is 1. The van der Waals surface area contributed by atoms with Gasteiger partial charge in [0.25, 0.3) is 0 Å². The average Bonchev–Trinajstić information content (AvgIpc) is 2.56. The van der Waals surface area contributed by atoms with Crippen LogP contribution in [0.2, 0.25) is 0 Å². The fraction of sp³-hybridized carbons (Fsp3) is 0.611. The molecule has 1 atom stereocenters. The maximum Gasteiger partial charge on any atom is 0.242 e. The van der Waals surface area contributed by atoms with E-state index in [-0.39, 0.29) is 30.1 Å². The van der Waals surface area contributed by atoms with Crippen molar-refractivity contribution in [2.75, 3.05) is 18.4 Å². The van der Waals surface area contributed by atoms with Gasteiger partial charge >= 0.3 is 0 Å². The molecule has 6 nitrogen and oxygen atoms in total. The third-order valence-corrected chi connectivity index (χ3v) is 4.57. The van der Waals surface area contributed by atoms with Crippen LogP contribution in [0.4, 0.5) is 5.82 Å². The molecule has 2 heterocycles. The van der Waals surface area contributed by atoms with Crippen LogP contribution in [-0.4, -0.2) is 40.3 Å². The number of piperidine rings is 1. The highest BCUT2D eigenvalue weighted by Crippen LogP contribution is 2.22. The summed E-state index contributed by atoms with van der Waals surface area (Å²) in [5, 5.41) is 2.86. The molecule has 0 bridgehead atoms. The number of rotatable bonds is 5. The Hall–Kier alpha value is -1.66. The van der Waals surface area contributed by atoms with Gasteiger partial charge in [0.15, 0.2) is 0 Å². The minimum Gasteiger partial charge on any atom is -0.341 e. The lowest BCUT2D eigenvalue weighted by Gasteiger charge is -2.36. The number of pyridine rings is 1. The van der Waals surface area contributed by atoms with Crippen LogP contribution in [0.5, 0.6) is 0 Å². The van der Waals surface area contributed by atoms with Crippen LogP contribution in [0.1, 0.15) is 45.1 Å². The SMILES string of the molecule is CCCC(C)(N)C(=O)N1CCC(C(=O)Nc2ccc(C)cn2)CC1.Cl. The Kier molecular flexibility index (Phi) is 7.83. The third-order valence-electron chi connectivity index (χ3n) is 4.57. The highest BCUT2D eigenvalue weighted by Gasteiger charge is 2.35. The number of hydrogen-bond donors (Lipinski definition) is 2. The summed E-state index contributed by atoms with van der Waals surface area (Å²) in [7, 11) is 0. The number of nitrogens with zero attached hydrogens (tertiary/aromatic N) is 2. The zero-order valence-electron chi connectivity index (χ0n) is 15.2. The van der Waals surface area contributed by atoms with E-state index >= 15 is 0 Å². The molecule has 0 spiro atoms. The molecular weight excluding hydrogens is 340 g/mol. The number of halogens is 1. The number of nitrogens with two attached hydrogens (primary N) is 1. The first kappa shape index (κ1) is 21.4. The molecule has 1 fully saturated rings. The van der Waals surface area contributed by atoms with Gasteiger partial charge in [0, 0.05) is 25.2 Å². The highest BCUT2D eigenvalue weighted by molar-refractivity contribution is 5.92. The van der Waals surface area contributed by atoms with Crippen LogP contribution in [0, 0.1) is 12.8 Å². The highest BCUT2D eigenvalue weighted by atomic mass is 35.5. The van der Waals surface area contributed by atoms with Crippen LogP contribution in [0.15, 0.2) is 18.3 Å². The quantitative estimate of drug-likeness (QED) is 0.835. The van der Waals surface area contributed by atoms with Crippen molar-refractivity contribution in [2.24, 2.45) is 11.7 Å². The zero-order chi connectivity index (χ0) is 17.7. The van der Waals surface area contributed by atoms with Gasteiger partial charge in [-0.2, -0.15) is 0 Å². The molecule has 1 unspecified atom stereocenters. The summed E-state index contributed by atoms with van der Waals surface area (Å²) in [5.74, 6) is 0.444. The first-order valence-corrected chi connectivity index (χ1v) is 8.65. The van der Waals surface area contributed by atoms with Crippen molar-refractivity contribution >= 4 is 30.0 Å². The van der Waals surface area contributed by atoms with Gasteiger partial charge in [-0.1, -0.05) is 19.4 Å². The molecule has 25 heavy (non-hydrogen) atoms. The minimum atomic E-state index is -0.810. The summed E-state index contributed by atoms with van der Waals surface area (Å²) >= 11 is 0. The Balaban J connectivity index is 0.00000312. The summed E-state index contributed by atoms with van der Waals surface area (Å²) in [6.07, 6.45) is 4.59. The van der Waals surface area contributed by atoms with E-state index in [9.17, 15) is 9.59 Å². The van der Waals surface area contributed by atoms with E-state index in [1.807, 2.05) is 19.9 Å². The second kappa shape index (κ2) is 9.15. The van der Waals surface area contributed by atoms with Crippen molar-refractivity contribution < 1.29 is 9.59 Å². The van der Waals surface area contributed by atoms with E-state index in [1.165, 1.54) is 0 Å². The fourth-order valence-electron chi connectivity index (χ4n) is 3.10. The minimum absolute atomic E-state index is 0. The van der Waals surface area contributed by atoms with Gasteiger partial charge in [0.2, 0.25) is 11.8 Å². The van der Waals surface area contributed by atoms with Gasteiger partial charge < -0.3 is 16.0 Å². The van der Waals surface area contributed by atoms with Crippen molar-refractivity contribution in [3.05, 3.63) is 23.9 Å². The first-order valence-electron chi connectivity index (χ1n) is 8.65. The molecule has 0 saturated carbocycles. The summed E-state index contributed by atoms with van der Waals surface area (Å²) in [5.41, 5.74) is 6.37. The van der Waals surface area contributed by atoms with Crippen LogP contribution in [-0.2, 0) is 9.59 Å². The van der Waals surface area contributed by atoms with Crippen molar-refractivity contribution in [3.63, 3.8) is 0 Å². The summed E-state index contributed by atoms with van der Waals surface area (Å²) in [6, 6.07) is 3.72. The van der Waals surface area contributed by atoms with E-state index in [0.29, 0.717) is 38.2 Å². The number of amides is 2. The van der Waals surface area contributed by atoms with Crippen LogP contribution in [0.25, 0.3) is 0 Å². The van der Waals surface area contributed by atoms with Crippen molar-refractivity contribution in [1.82, 2.24) is 9.88 Å². The number of nitrogens with one attached hydrogen (secondary N) is 1. The number of carbonyl (C=O) groups is 2. The lowest BCUT2D eigenvalue weighted by molar-refractivity contribution is -0.139. The maximum atomic E-state index is 12.5. The van der Waals surface area contributed by atoms with E-state index < -0.39 is 5.54 Å². The Morgan fingerprint density at radius 3 is 2.52 bits per heavy atom. The molecule has 2 rings (SSSR count). The topological polar surface area (TPSA) is 88.3 Å². The Labute approximate surface area is 156 Å². The molecule has 1 aliphatic rings. The molecule has 1 aliphatic heterocycles. The second-order valence-electron chi connectivity index (χ2n) is 6.94. The molecule has 140 valence electrons. The Bertz CT molecular complexity index is 581. The normalized spacial score (nSPS) is 17.4. The molecule has 7 heteroatoms. The monoisotopic (exact) mass is 368 g/mol. The lowest BCUT2D eigenvalue weighted by Crippen LogP contribution is -2.55. The smallest absolute Gasteiger partial charge is 0.242 e. The average molecular weight is 369 g/mol. The molecule has 1 saturated heterocycles. The van der Waals surface area contributed by atoms with Gasteiger partial charge in [-0.15, -0.1) is 12.4 Å². The van der Waals surface area contributed by atoms with E-state index in [2.05, 4.69) is 10.3 Å². The fourth-order valence-corrected chi connectivity index (χ4v) is 3.10. The first-order chi connectivity index (χ1) is 11.3. The van der Waals surface area contributed by atoms with Gasteiger partial charge in [0.1, 0.15) is 5.82 Å². The molecular formula is C18H29ClN4O2. The second-order valence-corrected chi connectivity index (χ2v) is 6.94. The van der Waals surface area contributed by atoms with Crippen LogP contribution in [0.3, 0.4) is 0 Å². The summed E-state index contributed by atoms with van der Waals surface area (Å²) in [6.45, 7) is 6.92. The molecule has 0 radical (unpaired) electrons. The van der Waals surface area contributed by atoms with E-state index in [4.69, 9.17) is 5.73 Å². The zero-order valence-corrected chi connectivity index (χ0v) is 16.1. The standard InChI is InChI=1S/C18H28N4O2.ClH/c1-4-9-18(3,19)17(24)22-10-7-14(8-11-22)16(23)21-15-6-5-13(2)12-20-15;/h5-6,12,14H,4,7-11,19H2,1-3H3,(H,20,21,23);1H. The molecule has 0 aliphatic carbocycles. The third kappa shape index (κ3) is 5.68. The molecule has 1 aromatic rings. The van der Waals surface area contributed by atoms with E-state index in [0.717, 1.165) is 12.0 Å². The van der Waals surface area contributed by atoms with Crippen molar-refractivity contribution in [1.29, 1.82) is 0 Å². The summed E-state index contributed by atoms with van der Waals surface area (Å²) < 4.78 is 0. The van der Waals surface area contributed by atoms with Gasteiger partial charge in [0.05, 0.1) is 5.54 Å². The van der Waals surface area contributed by atoms with Crippen LogP contribution >= 0.6 is 12.4 Å². The van der Waals surface area contributed by atoms with Gasteiger partial charge in [-0.3, -0.25) is 9.59 Å². The largest absolute Gasteiger partial charge is 0.341 e. The molecule has 1 aromatic heterocycles. The van der Waals surface area contributed by atoms with Crippen molar-refractivity contribution in [3.8, 4) is 0 Å². The van der Waals surface area contributed by atoms with Crippen molar-refractivity contribution in [2.45, 2.75) is 52.0 Å². The van der Waals surface area contributed by atoms with Crippen LogP contribution < -0.4 is 11.1 Å². The Morgan fingerprint density at radius 1 is 1.36 bits per heavy atom. The predicted molar refractivity (Wildman–Crippen MR) is 102 cm³/mol. The Morgan fingerprint density at radius 2 is 2.00 bits per heavy atom. The molecule has 0 aromatic carbocycles. The molecule has 3 N–H and O–H groups in total. The van der Waals surface area contributed by atoms with Gasteiger partial charge in [-0.05, 0) is 44.7 Å². The maximum absolute atomic E-state index is 12.5. The van der Waals surface area contributed by atoms with E-state index in [1.54, 1.807) is 24.1 Å². The van der Waals surface area contributed by atoms with Gasteiger partial charge in [-0.25, -0.2) is 4.98 Å². The number of carbonyl (C=O) groups excluding carboxylic acids is 2.